The second kappa shape index (κ2) is 30.9. The molecule has 8 amide bonds. The molecule has 9 N–H and O–H groups in total. The summed E-state index contributed by atoms with van der Waals surface area (Å²) in [6.07, 6.45) is 2.94. The maximum absolute atomic E-state index is 14.4. The van der Waals surface area contributed by atoms with Crippen molar-refractivity contribution in [1.82, 2.24) is 42.5 Å². The molecule has 11 atom stereocenters. The van der Waals surface area contributed by atoms with Gasteiger partial charge in [-0.05, 0) is 109 Å². The first-order valence-corrected chi connectivity index (χ1v) is 30.7. The first-order chi connectivity index (χ1) is 39.9. The zero-order valence-electron chi connectivity index (χ0n) is 54.7. The number of hydrogen-bond donors (Lipinski definition) is 9. The van der Waals surface area contributed by atoms with Gasteiger partial charge in [-0.25, -0.2) is 9.59 Å². The van der Waals surface area contributed by atoms with Gasteiger partial charge in [-0.2, -0.15) is 0 Å². The van der Waals surface area contributed by atoms with Crippen molar-refractivity contribution in [1.29, 1.82) is 0 Å². The first kappa shape index (κ1) is 72.6. The maximum Gasteiger partial charge on any atom is 0.408 e. The van der Waals surface area contributed by atoms with E-state index in [0.717, 1.165) is 18.4 Å². The smallest absolute Gasteiger partial charge is 0.408 e. The van der Waals surface area contributed by atoms with Crippen LogP contribution in [-0.2, 0) is 58.9 Å². The number of ether oxygens (including phenoxy) is 5. The average molecular weight is 1210 g/mol. The molecular weight excluding hydrogens is 1100 g/mol. The molecule has 1 aromatic rings. The monoisotopic (exact) mass is 1210 g/mol. The minimum atomic E-state index is -1.18. The summed E-state index contributed by atoms with van der Waals surface area (Å²) in [5.41, 5.74) is -3.10. The van der Waals surface area contributed by atoms with Crippen molar-refractivity contribution in [3.63, 3.8) is 0 Å². The molecule has 0 radical (unpaired) electrons. The van der Waals surface area contributed by atoms with Crippen LogP contribution in [0.25, 0.3) is 0 Å². The van der Waals surface area contributed by atoms with E-state index in [1.54, 1.807) is 59.1 Å². The van der Waals surface area contributed by atoms with Gasteiger partial charge in [-0.1, -0.05) is 118 Å². The largest absolute Gasteiger partial charge is 0.447 e. The Labute approximate surface area is 511 Å². The lowest BCUT2D eigenvalue weighted by Gasteiger charge is -2.47. The lowest BCUT2D eigenvalue weighted by Crippen LogP contribution is -2.57. The first-order valence-electron chi connectivity index (χ1n) is 30.7. The fraction of sp³-hybridized carbons (Fsp3) is 0.750. The van der Waals surface area contributed by atoms with Crippen LogP contribution in [0.1, 0.15) is 168 Å². The van der Waals surface area contributed by atoms with Crippen LogP contribution < -0.4 is 42.5 Å². The van der Waals surface area contributed by atoms with Gasteiger partial charge >= 0.3 is 12.2 Å². The van der Waals surface area contributed by atoms with Crippen molar-refractivity contribution in [2.24, 2.45) is 33.5 Å². The summed E-state index contributed by atoms with van der Waals surface area (Å²) < 4.78 is 29.7. The molecule has 0 bridgehead atoms. The number of carbonyl (C=O) groups excluding carboxylic acids is 8. The molecule has 1 spiro atoms. The lowest BCUT2D eigenvalue weighted by molar-refractivity contribution is -0.146. The molecule has 7 unspecified atom stereocenters. The van der Waals surface area contributed by atoms with E-state index in [0.29, 0.717) is 32.3 Å². The van der Waals surface area contributed by atoms with Crippen molar-refractivity contribution < 1.29 is 67.1 Å². The molecule has 86 heavy (non-hydrogen) atoms. The molecule has 2 heterocycles. The van der Waals surface area contributed by atoms with Gasteiger partial charge in [0.15, 0.2) is 0 Å². The number of methoxy groups -OCH3 is 1. The van der Waals surface area contributed by atoms with Crippen molar-refractivity contribution in [2.75, 3.05) is 53.0 Å². The van der Waals surface area contributed by atoms with Gasteiger partial charge in [-0.15, -0.1) is 0 Å². The van der Waals surface area contributed by atoms with E-state index in [9.17, 15) is 43.5 Å². The third-order valence-electron chi connectivity index (χ3n) is 17.4. The van der Waals surface area contributed by atoms with Gasteiger partial charge < -0.3 is 71.3 Å². The molecule has 0 aromatic heterocycles. The van der Waals surface area contributed by atoms with Gasteiger partial charge in [0.2, 0.25) is 35.4 Å². The summed E-state index contributed by atoms with van der Waals surface area (Å²) in [5.74, 6) is -3.38. The SMILES string of the molecule is CCC(C)(C)CC(C)(CC(C)(C(=O)NCC(=O)N[C@@H](Cc1ccccc1)C(=O)N[C@@H](CC(C)C)C(=O)NCC(=O)NCCCNC(=O)OCC(C)(C)NC(=O)OC1CC[C@]2(CO2)C(C2(C)O[C@@H]2CC=C(C)C)C1OC)C(C)(C)C)C(=O)NCC(C)O. The number of amides is 8. The fourth-order valence-corrected chi connectivity index (χ4v) is 11.7. The van der Waals surface area contributed by atoms with Crippen LogP contribution in [0.15, 0.2) is 42.0 Å². The fourth-order valence-electron chi connectivity index (χ4n) is 11.7. The van der Waals surface area contributed by atoms with E-state index in [-0.39, 0.29) is 80.4 Å². The summed E-state index contributed by atoms with van der Waals surface area (Å²) in [6.45, 7) is 30.3. The third-order valence-corrected chi connectivity index (χ3v) is 17.4. The molecule has 1 aromatic carbocycles. The quantitative estimate of drug-likeness (QED) is 0.0220. The Balaban J connectivity index is 1.25. The van der Waals surface area contributed by atoms with E-state index < -0.39 is 113 Å². The van der Waals surface area contributed by atoms with E-state index in [2.05, 4.69) is 83.2 Å². The molecular formula is C64H106N8O14. The highest BCUT2D eigenvalue weighted by Crippen LogP contribution is 2.60. The van der Waals surface area contributed by atoms with E-state index in [4.69, 9.17) is 23.7 Å². The van der Waals surface area contributed by atoms with Crippen molar-refractivity contribution in [2.45, 2.75) is 222 Å². The van der Waals surface area contributed by atoms with Gasteiger partial charge in [0.05, 0.1) is 48.8 Å². The van der Waals surface area contributed by atoms with Crippen molar-refractivity contribution >= 4 is 47.6 Å². The molecule has 22 nitrogen and oxygen atoms in total. The lowest BCUT2D eigenvalue weighted by atomic mass is 9.57. The molecule has 3 fully saturated rings. The van der Waals surface area contributed by atoms with Crippen LogP contribution in [0.4, 0.5) is 9.59 Å². The molecule has 1 aliphatic carbocycles. The Kier molecular flexibility index (Phi) is 26.1. The number of benzene rings is 1. The maximum atomic E-state index is 14.4. The number of aliphatic hydroxyl groups excluding tert-OH is 1. The zero-order valence-corrected chi connectivity index (χ0v) is 54.7. The summed E-state index contributed by atoms with van der Waals surface area (Å²) in [7, 11) is 1.61. The van der Waals surface area contributed by atoms with Crippen molar-refractivity contribution in [3.05, 3.63) is 47.5 Å². The highest BCUT2D eigenvalue weighted by atomic mass is 16.6. The predicted octanol–water partition coefficient (Wildman–Crippen LogP) is 6.06. The summed E-state index contributed by atoms with van der Waals surface area (Å²) in [6, 6.07) is 6.75. The van der Waals surface area contributed by atoms with E-state index in [1.807, 2.05) is 54.5 Å². The van der Waals surface area contributed by atoms with Crippen LogP contribution in [0.3, 0.4) is 0 Å². The van der Waals surface area contributed by atoms with Gasteiger partial charge in [0.1, 0.15) is 42.1 Å². The van der Waals surface area contributed by atoms with E-state index >= 15 is 0 Å². The number of epoxide rings is 2. The number of nitrogens with one attached hydrogen (secondary N) is 8. The Bertz CT molecular complexity index is 2510. The van der Waals surface area contributed by atoms with Gasteiger partial charge in [-0.3, -0.25) is 28.8 Å². The topological polar surface area (TPSA) is 306 Å². The predicted molar refractivity (Wildman–Crippen MR) is 327 cm³/mol. The summed E-state index contributed by atoms with van der Waals surface area (Å²) >= 11 is 0. The highest BCUT2D eigenvalue weighted by Gasteiger charge is 2.72. The van der Waals surface area contributed by atoms with Gasteiger partial charge in [0, 0.05) is 38.6 Å². The Hall–Kier alpha value is -5.84. The number of alkyl carbamates (subject to hydrolysis) is 2. The standard InChI is InChI=1S/C64H106N8O14/c1-18-59(10,11)36-61(14,54(78)68-33-42(6)73)37-62(15,58(7,8)9)55(79)69-35-49(75)70-45(32-43-23-20-19-21-24-43)53(77)71-44(31-41(4)5)52(76)67-34-48(74)65-29-22-30-66-56(80)83-38-60(12,13)72-57(81)85-46-27-28-64(39-84-64)51(50(46)82-17)63(16)47(86-63)26-25-40(2)3/h19-21,23-25,41-42,44-47,50-51,73H,18,22,26-39H2,1-17H3,(H,65,74)(H,66,80)(H,67,76)(H,68,78)(H,69,79)(H,70,75)(H,71,77)(H,72,81)/t42?,44-,45-,46?,47+,50?,51?,61?,62?,63?,64-/m0/s1. The minimum Gasteiger partial charge on any atom is -0.447 e. The Morgan fingerprint density at radius 3 is 2.01 bits per heavy atom. The number of carbonyl (C=O) groups is 8. The number of allylic oxidation sites excluding steroid dienone is 1. The van der Waals surface area contributed by atoms with E-state index in [1.165, 1.54) is 5.57 Å². The zero-order chi connectivity index (χ0) is 64.6. The number of hydrogen-bond acceptors (Lipinski definition) is 14. The van der Waals surface area contributed by atoms with Gasteiger partial charge in [0.25, 0.3) is 0 Å². The number of rotatable bonds is 33. The van der Waals surface area contributed by atoms with Crippen LogP contribution in [0.5, 0.6) is 0 Å². The minimum absolute atomic E-state index is 0.00598. The van der Waals surface area contributed by atoms with Crippen molar-refractivity contribution in [3.8, 4) is 0 Å². The second-order valence-electron chi connectivity index (χ2n) is 28.0. The molecule has 22 heteroatoms. The Morgan fingerprint density at radius 2 is 1.43 bits per heavy atom. The van der Waals surface area contributed by atoms with Crippen LogP contribution in [-0.4, -0.2) is 159 Å². The Morgan fingerprint density at radius 1 is 0.791 bits per heavy atom. The number of aliphatic hydroxyl groups is 1. The molecule has 1 saturated carbocycles. The summed E-state index contributed by atoms with van der Waals surface area (Å²) in [4.78, 5) is 109. The second-order valence-corrected chi connectivity index (χ2v) is 28.0. The van der Waals surface area contributed by atoms with Crippen LogP contribution >= 0.6 is 0 Å². The van der Waals surface area contributed by atoms with Crippen LogP contribution in [0.2, 0.25) is 0 Å². The average Bonchev–Trinajstić information content (AvgIpc) is 1.57. The molecule has 3 aliphatic rings. The molecule has 2 aliphatic heterocycles. The van der Waals surface area contributed by atoms with Crippen LogP contribution in [0, 0.1) is 33.5 Å². The molecule has 2 saturated heterocycles. The summed E-state index contributed by atoms with van der Waals surface area (Å²) in [5, 5.41) is 32.0. The molecule has 4 rings (SSSR count). The third kappa shape index (κ3) is 21.5. The molecule has 486 valence electrons. The normalized spacial score (nSPS) is 23.3. The highest BCUT2D eigenvalue weighted by molar-refractivity contribution is 5.95.